The number of halogens is 1. The lowest BCUT2D eigenvalue weighted by molar-refractivity contribution is 0.596. The van der Waals surface area contributed by atoms with E-state index in [1.165, 1.54) is 0 Å². The van der Waals surface area contributed by atoms with Gasteiger partial charge in [0.05, 0.1) is 11.0 Å². The predicted octanol–water partition coefficient (Wildman–Crippen LogP) is 2.29. The molecule has 2 rings (SSSR count). The summed E-state index contributed by atoms with van der Waals surface area (Å²) in [5.41, 5.74) is 2.64. The summed E-state index contributed by atoms with van der Waals surface area (Å²) in [6, 6.07) is 4.17. The van der Waals surface area contributed by atoms with Crippen LogP contribution in [0.25, 0.3) is 11.0 Å². The number of hydrogen-bond donors (Lipinski definition) is 3. The Balaban J connectivity index is 2.52. The SMILES string of the molecule is CCNC(C)c1cc2[nH]c(=O)[nH]c2cc1Br. The van der Waals surface area contributed by atoms with E-state index in [0.717, 1.165) is 27.6 Å². The minimum absolute atomic E-state index is 0.171. The number of aromatic amines is 2. The molecule has 0 saturated carbocycles. The first-order valence-electron chi connectivity index (χ1n) is 5.26. The van der Waals surface area contributed by atoms with E-state index >= 15 is 0 Å². The van der Waals surface area contributed by atoms with Crippen LogP contribution < -0.4 is 11.0 Å². The molecule has 0 aliphatic rings. The van der Waals surface area contributed by atoms with E-state index in [1.54, 1.807) is 0 Å². The second-order valence-corrected chi connectivity index (χ2v) is 4.63. The molecule has 0 aliphatic carbocycles. The molecule has 1 aromatic heterocycles. The van der Waals surface area contributed by atoms with E-state index in [4.69, 9.17) is 0 Å². The predicted molar refractivity (Wildman–Crippen MR) is 68.7 cm³/mol. The highest BCUT2D eigenvalue weighted by atomic mass is 79.9. The van der Waals surface area contributed by atoms with Crippen molar-refractivity contribution < 1.29 is 0 Å². The van der Waals surface area contributed by atoms with E-state index in [2.05, 4.69) is 45.1 Å². The van der Waals surface area contributed by atoms with E-state index in [1.807, 2.05) is 12.1 Å². The van der Waals surface area contributed by atoms with Crippen LogP contribution in [0, 0.1) is 0 Å². The fourth-order valence-corrected chi connectivity index (χ4v) is 2.51. The van der Waals surface area contributed by atoms with E-state index in [9.17, 15) is 4.79 Å². The molecule has 0 fully saturated rings. The number of rotatable bonds is 3. The van der Waals surface area contributed by atoms with Gasteiger partial charge in [-0.15, -0.1) is 0 Å². The van der Waals surface area contributed by atoms with Crippen molar-refractivity contribution in [3.63, 3.8) is 0 Å². The second-order valence-electron chi connectivity index (χ2n) is 3.78. The molecule has 4 nitrogen and oxygen atoms in total. The van der Waals surface area contributed by atoms with Crippen LogP contribution in [0.4, 0.5) is 0 Å². The van der Waals surface area contributed by atoms with Gasteiger partial charge in [0.2, 0.25) is 0 Å². The van der Waals surface area contributed by atoms with Crippen LogP contribution in [0.5, 0.6) is 0 Å². The van der Waals surface area contributed by atoms with Crippen molar-refractivity contribution >= 4 is 27.0 Å². The first kappa shape index (κ1) is 11.4. The molecule has 0 amide bonds. The summed E-state index contributed by atoms with van der Waals surface area (Å²) in [7, 11) is 0. The van der Waals surface area contributed by atoms with Crippen LogP contribution in [0.15, 0.2) is 21.4 Å². The maximum Gasteiger partial charge on any atom is 0.323 e. The molecule has 3 N–H and O–H groups in total. The Morgan fingerprint density at radius 3 is 2.62 bits per heavy atom. The van der Waals surface area contributed by atoms with Gasteiger partial charge in [0.25, 0.3) is 0 Å². The molecular formula is C11H14BrN3O. The first-order chi connectivity index (χ1) is 7.61. The molecule has 0 bridgehead atoms. The highest BCUT2D eigenvalue weighted by molar-refractivity contribution is 9.10. The highest BCUT2D eigenvalue weighted by Crippen LogP contribution is 2.26. The number of imidazole rings is 1. The number of fused-ring (bicyclic) bond motifs is 1. The summed E-state index contributed by atoms with van der Waals surface area (Å²) in [6.45, 7) is 5.08. The monoisotopic (exact) mass is 283 g/mol. The van der Waals surface area contributed by atoms with Crippen LogP contribution in [-0.4, -0.2) is 16.5 Å². The van der Waals surface area contributed by atoms with Gasteiger partial charge in [-0.1, -0.05) is 22.9 Å². The molecule has 1 heterocycles. The molecule has 5 heteroatoms. The standard InChI is InChI=1S/C11H14BrN3O/c1-3-13-6(2)7-4-9-10(5-8(7)12)15-11(16)14-9/h4-6,13H,3H2,1-2H3,(H2,14,15,16). The Labute approximate surface area is 102 Å². The quantitative estimate of drug-likeness (QED) is 0.809. The normalized spacial score (nSPS) is 13.2. The van der Waals surface area contributed by atoms with Gasteiger partial charge in [-0.25, -0.2) is 4.79 Å². The number of nitrogens with one attached hydrogen (secondary N) is 3. The van der Waals surface area contributed by atoms with Crippen LogP contribution in [-0.2, 0) is 0 Å². The van der Waals surface area contributed by atoms with Crippen molar-refractivity contribution in [1.82, 2.24) is 15.3 Å². The van der Waals surface area contributed by atoms with Gasteiger partial charge in [0.15, 0.2) is 0 Å². The van der Waals surface area contributed by atoms with Crippen LogP contribution in [0.1, 0.15) is 25.5 Å². The summed E-state index contributed by atoms with van der Waals surface area (Å²) >= 11 is 3.52. The third-order valence-electron chi connectivity index (χ3n) is 2.61. The van der Waals surface area contributed by atoms with Gasteiger partial charge < -0.3 is 15.3 Å². The fourth-order valence-electron chi connectivity index (χ4n) is 1.82. The third-order valence-corrected chi connectivity index (χ3v) is 3.30. The average Bonchev–Trinajstić information content (AvgIpc) is 2.56. The highest BCUT2D eigenvalue weighted by Gasteiger charge is 2.10. The zero-order chi connectivity index (χ0) is 11.7. The number of H-pyrrole nitrogens is 2. The van der Waals surface area contributed by atoms with Crippen molar-refractivity contribution in [2.45, 2.75) is 19.9 Å². The summed E-state index contributed by atoms with van der Waals surface area (Å²) in [4.78, 5) is 16.7. The molecule has 0 saturated heterocycles. The average molecular weight is 284 g/mol. The van der Waals surface area contributed by atoms with Gasteiger partial charge in [-0.3, -0.25) is 0 Å². The molecular weight excluding hydrogens is 270 g/mol. The molecule has 0 radical (unpaired) electrons. The number of aromatic nitrogens is 2. The van der Waals surface area contributed by atoms with E-state index in [-0.39, 0.29) is 11.7 Å². The molecule has 1 atom stereocenters. The molecule has 2 aromatic rings. The molecule has 86 valence electrons. The molecule has 1 unspecified atom stereocenters. The van der Waals surface area contributed by atoms with Crippen molar-refractivity contribution in [3.05, 3.63) is 32.7 Å². The Kier molecular flexibility index (Phi) is 3.16. The summed E-state index contributed by atoms with van der Waals surface area (Å²) in [5, 5.41) is 3.34. The topological polar surface area (TPSA) is 60.7 Å². The minimum Gasteiger partial charge on any atom is -0.310 e. The van der Waals surface area contributed by atoms with E-state index in [0.29, 0.717) is 0 Å². The van der Waals surface area contributed by atoms with Gasteiger partial charge in [0, 0.05) is 10.5 Å². The van der Waals surface area contributed by atoms with Crippen molar-refractivity contribution in [1.29, 1.82) is 0 Å². The maximum atomic E-state index is 11.2. The number of benzene rings is 1. The van der Waals surface area contributed by atoms with Crippen LogP contribution in [0.3, 0.4) is 0 Å². The fraction of sp³-hybridized carbons (Fsp3) is 0.364. The van der Waals surface area contributed by atoms with Crippen molar-refractivity contribution in [3.8, 4) is 0 Å². The van der Waals surface area contributed by atoms with Crippen LogP contribution >= 0.6 is 15.9 Å². The Morgan fingerprint density at radius 1 is 1.38 bits per heavy atom. The van der Waals surface area contributed by atoms with Gasteiger partial charge >= 0.3 is 5.69 Å². The maximum absolute atomic E-state index is 11.2. The molecule has 0 aliphatic heterocycles. The zero-order valence-corrected chi connectivity index (χ0v) is 10.8. The lowest BCUT2D eigenvalue weighted by atomic mass is 10.1. The Bertz CT molecular complexity index is 558. The number of hydrogen-bond acceptors (Lipinski definition) is 2. The summed E-state index contributed by atoms with van der Waals surface area (Å²) in [6.07, 6.45) is 0. The smallest absolute Gasteiger partial charge is 0.310 e. The summed E-state index contributed by atoms with van der Waals surface area (Å²) < 4.78 is 1.00. The molecule has 0 spiro atoms. The first-order valence-corrected chi connectivity index (χ1v) is 6.06. The van der Waals surface area contributed by atoms with Gasteiger partial charge in [0.1, 0.15) is 0 Å². The van der Waals surface area contributed by atoms with Crippen LogP contribution in [0.2, 0.25) is 0 Å². The lowest BCUT2D eigenvalue weighted by Crippen LogP contribution is -2.18. The zero-order valence-electron chi connectivity index (χ0n) is 9.23. The van der Waals surface area contributed by atoms with E-state index < -0.39 is 0 Å². The van der Waals surface area contributed by atoms with Gasteiger partial charge in [-0.05, 0) is 31.2 Å². The largest absolute Gasteiger partial charge is 0.323 e. The third kappa shape index (κ3) is 2.05. The lowest BCUT2D eigenvalue weighted by Gasteiger charge is -2.14. The minimum atomic E-state index is -0.171. The Morgan fingerprint density at radius 2 is 2.00 bits per heavy atom. The molecule has 16 heavy (non-hydrogen) atoms. The van der Waals surface area contributed by atoms with Gasteiger partial charge in [-0.2, -0.15) is 0 Å². The second kappa shape index (κ2) is 4.43. The Hall–Kier alpha value is -1.07. The molecule has 1 aromatic carbocycles. The van der Waals surface area contributed by atoms with Crippen molar-refractivity contribution in [2.75, 3.05) is 6.54 Å². The summed E-state index contributed by atoms with van der Waals surface area (Å²) in [5.74, 6) is 0. The van der Waals surface area contributed by atoms with Crippen molar-refractivity contribution in [2.24, 2.45) is 0 Å².